The Labute approximate surface area is 96.9 Å². The minimum absolute atomic E-state index is 0.0163. The Morgan fingerprint density at radius 1 is 1.31 bits per heavy atom. The second-order valence-corrected chi connectivity index (χ2v) is 4.14. The maximum absolute atomic E-state index is 11.3. The fourth-order valence-electron chi connectivity index (χ4n) is 1.66. The van der Waals surface area contributed by atoms with Gasteiger partial charge in [-0.3, -0.25) is 4.79 Å². The van der Waals surface area contributed by atoms with Crippen molar-refractivity contribution in [3.05, 3.63) is 0 Å². The van der Waals surface area contributed by atoms with Crippen LogP contribution in [0.3, 0.4) is 0 Å². The zero-order chi connectivity index (χ0) is 11.8. The van der Waals surface area contributed by atoms with Crippen molar-refractivity contribution < 1.29 is 19.4 Å². The highest BCUT2D eigenvalue weighted by Gasteiger charge is 2.45. The molecule has 0 aromatic carbocycles. The molecule has 0 heterocycles. The summed E-state index contributed by atoms with van der Waals surface area (Å²) >= 11 is 0. The van der Waals surface area contributed by atoms with E-state index in [1.807, 2.05) is 6.92 Å². The number of hydrogen-bond donors (Lipinski definition) is 1. The molecule has 0 bridgehead atoms. The van der Waals surface area contributed by atoms with E-state index < -0.39 is 0 Å². The van der Waals surface area contributed by atoms with Gasteiger partial charge in [0.25, 0.3) is 0 Å². The third-order valence-corrected chi connectivity index (χ3v) is 2.71. The first-order chi connectivity index (χ1) is 7.79. The van der Waals surface area contributed by atoms with Crippen LogP contribution in [0.4, 0.5) is 0 Å². The Balaban J connectivity index is 1.90. The minimum Gasteiger partial charge on any atom is -0.466 e. The standard InChI is InChI=1S/C12H22O4/c1-2-15-12(14)10-9-11(10)16-8-6-4-3-5-7-13/h10-11,13H,2-9H2,1H3. The van der Waals surface area contributed by atoms with E-state index in [0.29, 0.717) is 13.2 Å². The zero-order valence-corrected chi connectivity index (χ0v) is 9.98. The molecule has 1 fully saturated rings. The Hall–Kier alpha value is -0.610. The third-order valence-electron chi connectivity index (χ3n) is 2.71. The number of esters is 1. The van der Waals surface area contributed by atoms with E-state index in [-0.39, 0.29) is 24.6 Å². The van der Waals surface area contributed by atoms with Gasteiger partial charge in [-0.2, -0.15) is 0 Å². The summed E-state index contributed by atoms with van der Waals surface area (Å²) < 4.78 is 10.5. The lowest BCUT2D eigenvalue weighted by atomic mass is 10.2. The molecule has 0 amide bonds. The summed E-state index contributed by atoms with van der Waals surface area (Å²) in [4.78, 5) is 11.3. The maximum Gasteiger partial charge on any atom is 0.311 e. The van der Waals surface area contributed by atoms with Crippen LogP contribution in [-0.4, -0.2) is 37.0 Å². The highest BCUT2D eigenvalue weighted by molar-refractivity contribution is 5.76. The number of unbranched alkanes of at least 4 members (excludes halogenated alkanes) is 3. The van der Waals surface area contributed by atoms with Crippen molar-refractivity contribution in [2.75, 3.05) is 19.8 Å². The number of rotatable bonds is 9. The van der Waals surface area contributed by atoms with Gasteiger partial charge in [0.15, 0.2) is 0 Å². The monoisotopic (exact) mass is 230 g/mol. The average molecular weight is 230 g/mol. The van der Waals surface area contributed by atoms with Crippen molar-refractivity contribution >= 4 is 5.97 Å². The topological polar surface area (TPSA) is 55.8 Å². The summed E-state index contributed by atoms with van der Waals surface area (Å²) in [5.74, 6) is -0.134. The van der Waals surface area contributed by atoms with Crippen molar-refractivity contribution in [3.63, 3.8) is 0 Å². The first-order valence-corrected chi connectivity index (χ1v) is 6.18. The van der Waals surface area contributed by atoms with E-state index in [1.165, 1.54) is 0 Å². The summed E-state index contributed by atoms with van der Waals surface area (Å²) in [6.45, 7) is 3.25. The molecule has 0 radical (unpaired) electrons. The van der Waals surface area contributed by atoms with Gasteiger partial charge >= 0.3 is 5.97 Å². The first kappa shape index (κ1) is 13.5. The third kappa shape index (κ3) is 4.94. The largest absolute Gasteiger partial charge is 0.466 e. The summed E-state index contributed by atoms with van der Waals surface area (Å²) in [7, 11) is 0. The normalized spacial score (nSPS) is 23.1. The van der Waals surface area contributed by atoms with Gasteiger partial charge in [-0.15, -0.1) is 0 Å². The molecule has 4 nitrogen and oxygen atoms in total. The number of hydrogen-bond acceptors (Lipinski definition) is 4. The van der Waals surface area contributed by atoms with Gasteiger partial charge in [0.05, 0.1) is 18.6 Å². The van der Waals surface area contributed by atoms with Crippen molar-refractivity contribution in [3.8, 4) is 0 Å². The van der Waals surface area contributed by atoms with Crippen molar-refractivity contribution in [1.82, 2.24) is 0 Å². The number of aliphatic hydroxyl groups excluding tert-OH is 1. The predicted octanol–water partition coefficient (Wildman–Crippen LogP) is 1.51. The van der Waals surface area contributed by atoms with Crippen LogP contribution in [0.25, 0.3) is 0 Å². The van der Waals surface area contributed by atoms with E-state index in [1.54, 1.807) is 0 Å². The molecule has 1 saturated carbocycles. The van der Waals surface area contributed by atoms with E-state index in [9.17, 15) is 4.79 Å². The van der Waals surface area contributed by atoms with Crippen LogP contribution in [-0.2, 0) is 14.3 Å². The van der Waals surface area contributed by atoms with Gasteiger partial charge in [-0.25, -0.2) is 0 Å². The molecule has 1 aliphatic carbocycles. The smallest absolute Gasteiger partial charge is 0.311 e. The van der Waals surface area contributed by atoms with Crippen LogP contribution in [0.1, 0.15) is 39.0 Å². The molecular weight excluding hydrogens is 208 g/mol. The number of ether oxygens (including phenoxy) is 2. The van der Waals surface area contributed by atoms with Gasteiger partial charge in [0.2, 0.25) is 0 Å². The van der Waals surface area contributed by atoms with Crippen LogP contribution in [0.5, 0.6) is 0 Å². The van der Waals surface area contributed by atoms with E-state index in [4.69, 9.17) is 14.6 Å². The van der Waals surface area contributed by atoms with Gasteiger partial charge < -0.3 is 14.6 Å². The van der Waals surface area contributed by atoms with Crippen LogP contribution in [0, 0.1) is 5.92 Å². The zero-order valence-electron chi connectivity index (χ0n) is 9.98. The summed E-state index contributed by atoms with van der Waals surface area (Å²) in [5.41, 5.74) is 0. The molecule has 16 heavy (non-hydrogen) atoms. The summed E-state index contributed by atoms with van der Waals surface area (Å²) in [5, 5.41) is 8.58. The molecule has 1 N–H and O–H groups in total. The van der Waals surface area contributed by atoms with E-state index in [0.717, 1.165) is 32.1 Å². The Kier molecular flexibility index (Phi) is 6.42. The highest BCUT2D eigenvalue weighted by atomic mass is 16.5. The molecule has 0 aliphatic heterocycles. The lowest BCUT2D eigenvalue weighted by Gasteiger charge is -2.03. The van der Waals surface area contributed by atoms with Crippen LogP contribution >= 0.6 is 0 Å². The molecule has 0 aromatic heterocycles. The molecule has 2 atom stereocenters. The Morgan fingerprint density at radius 2 is 2.06 bits per heavy atom. The van der Waals surface area contributed by atoms with Gasteiger partial charge in [-0.1, -0.05) is 12.8 Å². The molecule has 1 rings (SSSR count). The van der Waals surface area contributed by atoms with E-state index in [2.05, 4.69) is 0 Å². The van der Waals surface area contributed by atoms with Gasteiger partial charge in [0.1, 0.15) is 0 Å². The lowest BCUT2D eigenvalue weighted by Crippen LogP contribution is -2.11. The molecule has 94 valence electrons. The van der Waals surface area contributed by atoms with Crippen molar-refractivity contribution in [2.45, 2.75) is 45.1 Å². The summed E-state index contributed by atoms with van der Waals surface area (Å²) in [6, 6.07) is 0. The molecule has 1 aliphatic rings. The Morgan fingerprint density at radius 3 is 2.75 bits per heavy atom. The molecule has 2 unspecified atom stereocenters. The molecule has 0 saturated heterocycles. The molecular formula is C12H22O4. The number of carbonyl (C=O) groups is 1. The minimum atomic E-state index is -0.118. The fourth-order valence-corrected chi connectivity index (χ4v) is 1.66. The number of aliphatic hydroxyl groups is 1. The van der Waals surface area contributed by atoms with E-state index >= 15 is 0 Å². The van der Waals surface area contributed by atoms with Gasteiger partial charge in [-0.05, 0) is 26.2 Å². The van der Waals surface area contributed by atoms with Crippen LogP contribution in [0.15, 0.2) is 0 Å². The SMILES string of the molecule is CCOC(=O)C1CC1OCCCCCCO. The summed E-state index contributed by atoms with van der Waals surface area (Å²) in [6.07, 6.45) is 4.91. The Bertz CT molecular complexity index is 205. The predicted molar refractivity (Wildman–Crippen MR) is 60.0 cm³/mol. The fraction of sp³-hybridized carbons (Fsp3) is 0.917. The second kappa shape index (κ2) is 7.63. The maximum atomic E-state index is 11.3. The van der Waals surface area contributed by atoms with Crippen molar-refractivity contribution in [2.24, 2.45) is 5.92 Å². The quantitative estimate of drug-likeness (QED) is 0.482. The van der Waals surface area contributed by atoms with Crippen molar-refractivity contribution in [1.29, 1.82) is 0 Å². The highest BCUT2D eigenvalue weighted by Crippen LogP contribution is 2.34. The van der Waals surface area contributed by atoms with Crippen LogP contribution < -0.4 is 0 Å². The molecule has 0 aromatic rings. The lowest BCUT2D eigenvalue weighted by molar-refractivity contribution is -0.145. The first-order valence-electron chi connectivity index (χ1n) is 6.18. The molecule has 0 spiro atoms. The average Bonchev–Trinajstić information content (AvgIpc) is 3.03. The molecule has 4 heteroatoms. The number of carbonyl (C=O) groups excluding carboxylic acids is 1. The second-order valence-electron chi connectivity index (χ2n) is 4.14. The van der Waals surface area contributed by atoms with Gasteiger partial charge in [0, 0.05) is 13.2 Å². The van der Waals surface area contributed by atoms with Crippen LogP contribution in [0.2, 0.25) is 0 Å².